The number of carbonyl (C=O) groups is 1. The Labute approximate surface area is 116 Å². The molecule has 0 bridgehead atoms. The van der Waals surface area contributed by atoms with Crippen molar-refractivity contribution in [2.45, 2.75) is 20.0 Å². The van der Waals surface area contributed by atoms with E-state index in [0.717, 1.165) is 5.39 Å². The van der Waals surface area contributed by atoms with Crippen molar-refractivity contribution in [3.05, 3.63) is 30.1 Å². The number of fused-ring (bicyclic) bond motifs is 1. The summed E-state index contributed by atoms with van der Waals surface area (Å²) in [5, 5.41) is 13.2. The highest BCUT2D eigenvalue weighted by Crippen LogP contribution is 2.20. The lowest BCUT2D eigenvalue weighted by molar-refractivity contribution is 0.0512. The van der Waals surface area contributed by atoms with Crippen molar-refractivity contribution >= 4 is 22.7 Å². The molecule has 0 saturated heterocycles. The summed E-state index contributed by atoms with van der Waals surface area (Å²) in [4.78, 5) is 20.1. The molecule has 6 heteroatoms. The molecular formula is C14H17N3O3. The van der Waals surface area contributed by atoms with Crippen LogP contribution >= 0.6 is 0 Å². The standard InChI is InChI=1S/C14H17N3O3/c1-3-20-14(19)13-16-11-7-5-4-6-10(11)12(17-13)15-8-9(2)18/h4-7,9,18H,3,8H2,1-2H3,(H,15,16,17)/t9-/m0/s1. The first-order chi connectivity index (χ1) is 9.61. The van der Waals surface area contributed by atoms with Crippen LogP contribution in [0.15, 0.2) is 24.3 Å². The van der Waals surface area contributed by atoms with Crippen molar-refractivity contribution in [1.82, 2.24) is 9.97 Å². The number of nitrogens with zero attached hydrogens (tertiary/aromatic N) is 2. The lowest BCUT2D eigenvalue weighted by Gasteiger charge is -2.11. The Kier molecular flexibility index (Phi) is 4.47. The molecule has 0 aliphatic carbocycles. The molecule has 20 heavy (non-hydrogen) atoms. The van der Waals surface area contributed by atoms with E-state index in [1.54, 1.807) is 19.9 Å². The van der Waals surface area contributed by atoms with Crippen LogP contribution in [0.25, 0.3) is 10.9 Å². The van der Waals surface area contributed by atoms with Crippen molar-refractivity contribution in [3.8, 4) is 0 Å². The molecule has 2 aromatic rings. The van der Waals surface area contributed by atoms with Crippen LogP contribution in [0.2, 0.25) is 0 Å². The van der Waals surface area contributed by atoms with Crippen LogP contribution in [-0.2, 0) is 4.74 Å². The minimum atomic E-state index is -0.557. The zero-order valence-electron chi connectivity index (χ0n) is 11.5. The molecule has 2 N–H and O–H groups in total. The fourth-order valence-corrected chi connectivity index (χ4v) is 1.74. The summed E-state index contributed by atoms with van der Waals surface area (Å²) in [7, 11) is 0. The number of anilines is 1. The van der Waals surface area contributed by atoms with Gasteiger partial charge in [0.05, 0.1) is 18.2 Å². The van der Waals surface area contributed by atoms with Crippen LogP contribution in [0.1, 0.15) is 24.5 Å². The Morgan fingerprint density at radius 3 is 2.85 bits per heavy atom. The number of aliphatic hydroxyl groups is 1. The quantitative estimate of drug-likeness (QED) is 0.806. The predicted octanol–water partition coefficient (Wildman–Crippen LogP) is 1.60. The number of aromatic nitrogens is 2. The number of aliphatic hydroxyl groups excluding tert-OH is 1. The Morgan fingerprint density at radius 2 is 2.15 bits per heavy atom. The van der Waals surface area contributed by atoms with Gasteiger partial charge >= 0.3 is 5.97 Å². The summed E-state index contributed by atoms with van der Waals surface area (Å²) in [6, 6.07) is 7.36. The van der Waals surface area contributed by atoms with Crippen LogP contribution in [0.5, 0.6) is 0 Å². The minimum Gasteiger partial charge on any atom is -0.460 e. The average molecular weight is 275 g/mol. The molecule has 0 amide bonds. The first-order valence-corrected chi connectivity index (χ1v) is 6.47. The predicted molar refractivity (Wildman–Crippen MR) is 75.7 cm³/mol. The summed E-state index contributed by atoms with van der Waals surface area (Å²) < 4.78 is 4.92. The molecule has 6 nitrogen and oxygen atoms in total. The molecule has 2 rings (SSSR count). The number of ether oxygens (including phenoxy) is 1. The first kappa shape index (κ1) is 14.2. The topological polar surface area (TPSA) is 84.3 Å². The van der Waals surface area contributed by atoms with Gasteiger partial charge in [-0.05, 0) is 26.0 Å². The molecule has 0 aliphatic rings. The van der Waals surface area contributed by atoms with Gasteiger partial charge in [0.25, 0.3) is 0 Å². The third-order valence-electron chi connectivity index (χ3n) is 2.63. The number of nitrogens with one attached hydrogen (secondary N) is 1. The second kappa shape index (κ2) is 6.29. The molecule has 0 fully saturated rings. The van der Waals surface area contributed by atoms with E-state index in [1.807, 2.05) is 18.2 Å². The van der Waals surface area contributed by atoms with Gasteiger partial charge in [-0.2, -0.15) is 0 Å². The van der Waals surface area contributed by atoms with Gasteiger partial charge in [-0.3, -0.25) is 0 Å². The summed E-state index contributed by atoms with van der Waals surface area (Å²) in [5.41, 5.74) is 0.652. The fourth-order valence-electron chi connectivity index (χ4n) is 1.74. The lowest BCUT2D eigenvalue weighted by Crippen LogP contribution is -2.18. The van der Waals surface area contributed by atoms with Gasteiger partial charge in [0.1, 0.15) is 5.82 Å². The van der Waals surface area contributed by atoms with Crippen molar-refractivity contribution < 1.29 is 14.6 Å². The van der Waals surface area contributed by atoms with Gasteiger partial charge in [-0.1, -0.05) is 12.1 Å². The van der Waals surface area contributed by atoms with Gasteiger partial charge in [0, 0.05) is 11.9 Å². The SMILES string of the molecule is CCOC(=O)c1nc(NC[C@H](C)O)c2ccccc2n1. The van der Waals surface area contributed by atoms with Crippen LogP contribution in [0.3, 0.4) is 0 Å². The Morgan fingerprint density at radius 1 is 1.40 bits per heavy atom. The van der Waals surface area contributed by atoms with E-state index in [0.29, 0.717) is 17.9 Å². The molecule has 1 aromatic carbocycles. The third-order valence-corrected chi connectivity index (χ3v) is 2.63. The highest BCUT2D eigenvalue weighted by Gasteiger charge is 2.14. The normalized spacial score (nSPS) is 12.2. The van der Waals surface area contributed by atoms with E-state index < -0.39 is 12.1 Å². The Balaban J connectivity index is 2.43. The summed E-state index contributed by atoms with van der Waals surface area (Å²) >= 11 is 0. The maximum atomic E-state index is 11.8. The van der Waals surface area contributed by atoms with Crippen LogP contribution in [0, 0.1) is 0 Å². The van der Waals surface area contributed by atoms with Gasteiger partial charge in [-0.25, -0.2) is 14.8 Å². The average Bonchev–Trinajstić information content (AvgIpc) is 2.44. The minimum absolute atomic E-state index is 0.0126. The summed E-state index contributed by atoms with van der Waals surface area (Å²) in [6.07, 6.45) is -0.519. The number of carbonyl (C=O) groups excluding carboxylic acids is 1. The van der Waals surface area contributed by atoms with Crippen LogP contribution in [0.4, 0.5) is 5.82 Å². The molecule has 0 saturated carbocycles. The fraction of sp³-hybridized carbons (Fsp3) is 0.357. The molecule has 106 valence electrons. The smallest absolute Gasteiger partial charge is 0.376 e. The number of rotatable bonds is 5. The Hall–Kier alpha value is -2.21. The highest BCUT2D eigenvalue weighted by atomic mass is 16.5. The summed E-state index contributed by atoms with van der Waals surface area (Å²) in [6.45, 7) is 4.00. The largest absolute Gasteiger partial charge is 0.460 e. The number of hydrogen-bond acceptors (Lipinski definition) is 6. The van der Waals surface area contributed by atoms with Gasteiger partial charge in [0.2, 0.25) is 5.82 Å². The summed E-state index contributed by atoms with van der Waals surface area (Å²) in [5.74, 6) is -0.0310. The molecule has 1 atom stereocenters. The van der Waals surface area contributed by atoms with E-state index in [9.17, 15) is 9.90 Å². The van der Waals surface area contributed by atoms with Crippen LogP contribution < -0.4 is 5.32 Å². The lowest BCUT2D eigenvalue weighted by atomic mass is 10.2. The number of benzene rings is 1. The number of esters is 1. The van der Waals surface area contributed by atoms with E-state index >= 15 is 0 Å². The molecular weight excluding hydrogens is 258 g/mol. The second-order valence-corrected chi connectivity index (χ2v) is 4.36. The molecule has 0 radical (unpaired) electrons. The second-order valence-electron chi connectivity index (χ2n) is 4.36. The van der Waals surface area contributed by atoms with E-state index in [1.165, 1.54) is 0 Å². The van der Waals surface area contributed by atoms with Crippen molar-refractivity contribution in [2.75, 3.05) is 18.5 Å². The van der Waals surface area contributed by atoms with Crippen molar-refractivity contribution in [2.24, 2.45) is 0 Å². The third kappa shape index (κ3) is 3.21. The Bertz CT molecular complexity index is 614. The van der Waals surface area contributed by atoms with Crippen molar-refractivity contribution in [3.63, 3.8) is 0 Å². The maximum Gasteiger partial charge on any atom is 0.376 e. The molecule has 0 spiro atoms. The number of hydrogen-bond donors (Lipinski definition) is 2. The van der Waals surface area contributed by atoms with E-state index in [2.05, 4.69) is 15.3 Å². The van der Waals surface area contributed by atoms with Gasteiger partial charge < -0.3 is 15.2 Å². The first-order valence-electron chi connectivity index (χ1n) is 6.47. The zero-order chi connectivity index (χ0) is 14.5. The van der Waals surface area contributed by atoms with Gasteiger partial charge in [0.15, 0.2) is 0 Å². The molecule has 1 heterocycles. The van der Waals surface area contributed by atoms with E-state index in [4.69, 9.17) is 4.74 Å². The molecule has 0 aliphatic heterocycles. The van der Waals surface area contributed by atoms with E-state index in [-0.39, 0.29) is 12.4 Å². The number of para-hydroxylation sites is 1. The highest BCUT2D eigenvalue weighted by molar-refractivity contribution is 5.94. The maximum absolute atomic E-state index is 11.8. The van der Waals surface area contributed by atoms with Gasteiger partial charge in [-0.15, -0.1) is 0 Å². The monoisotopic (exact) mass is 275 g/mol. The molecule has 1 aromatic heterocycles. The molecule has 0 unspecified atom stereocenters. The zero-order valence-corrected chi connectivity index (χ0v) is 11.5. The van der Waals surface area contributed by atoms with Crippen molar-refractivity contribution in [1.29, 1.82) is 0 Å². The van der Waals surface area contributed by atoms with Crippen LogP contribution in [-0.4, -0.2) is 40.3 Å².